The van der Waals surface area contributed by atoms with Gasteiger partial charge in [-0.1, -0.05) is 6.92 Å². The molecule has 0 saturated carbocycles. The van der Waals surface area contributed by atoms with Crippen LogP contribution in [-0.2, 0) is 0 Å². The maximum Gasteiger partial charge on any atom is 0.206 e. The van der Waals surface area contributed by atoms with Crippen molar-refractivity contribution in [3.05, 3.63) is 52.3 Å². The summed E-state index contributed by atoms with van der Waals surface area (Å²) in [5, 5.41) is 16.8. The molecule has 1 aromatic carbocycles. The van der Waals surface area contributed by atoms with Crippen molar-refractivity contribution in [2.75, 3.05) is 6.61 Å². The minimum atomic E-state index is 0.116. The van der Waals surface area contributed by atoms with Crippen LogP contribution in [0.15, 0.2) is 56.5 Å². The van der Waals surface area contributed by atoms with Gasteiger partial charge in [0.25, 0.3) is 0 Å². The summed E-state index contributed by atoms with van der Waals surface area (Å²) < 4.78 is 12.8. The normalized spacial score (nSPS) is 12.4. The molecule has 0 aliphatic heterocycles. The van der Waals surface area contributed by atoms with Gasteiger partial charge in [0, 0.05) is 23.1 Å². The second-order valence-corrected chi connectivity index (χ2v) is 7.07. The highest BCUT2D eigenvalue weighted by atomic mass is 32.1. The van der Waals surface area contributed by atoms with Gasteiger partial charge in [-0.25, -0.2) is 4.68 Å². The van der Waals surface area contributed by atoms with Gasteiger partial charge >= 0.3 is 0 Å². The number of aromatic hydroxyl groups is 1. The Bertz CT molecular complexity index is 969. The van der Waals surface area contributed by atoms with Crippen molar-refractivity contribution in [3.63, 3.8) is 0 Å². The van der Waals surface area contributed by atoms with Gasteiger partial charge in [-0.15, -0.1) is 11.3 Å². The summed E-state index contributed by atoms with van der Waals surface area (Å²) in [6.07, 6.45) is 4.15. The number of phenols is 1. The maximum atomic E-state index is 10.3. The van der Waals surface area contributed by atoms with Crippen LogP contribution in [0.4, 0.5) is 0 Å². The van der Waals surface area contributed by atoms with Crippen molar-refractivity contribution in [1.82, 2.24) is 4.68 Å². The smallest absolute Gasteiger partial charge is 0.206 e. The molecular formula is C20H23N3O3S. The molecule has 2 heterocycles. The third-order valence-corrected chi connectivity index (χ3v) is 4.44. The summed E-state index contributed by atoms with van der Waals surface area (Å²) in [4.78, 5) is 5.38. The number of ether oxygens (including phenoxy) is 1. The van der Waals surface area contributed by atoms with Crippen LogP contribution in [0.2, 0.25) is 0 Å². The van der Waals surface area contributed by atoms with Crippen LogP contribution in [0.25, 0.3) is 11.5 Å². The van der Waals surface area contributed by atoms with Crippen LogP contribution in [0.3, 0.4) is 0 Å². The van der Waals surface area contributed by atoms with Crippen molar-refractivity contribution in [2.45, 2.75) is 33.2 Å². The topological polar surface area (TPSA) is 72.2 Å². The molecule has 0 unspecified atom stereocenters. The van der Waals surface area contributed by atoms with Gasteiger partial charge in [0.2, 0.25) is 4.80 Å². The van der Waals surface area contributed by atoms with Crippen LogP contribution < -0.4 is 9.54 Å². The number of rotatable bonds is 7. The molecule has 6 nitrogen and oxygen atoms in total. The highest BCUT2D eigenvalue weighted by Crippen LogP contribution is 2.24. The number of phenolic OH excluding ortho intramolecular Hbond substituents is 1. The molecule has 0 radical (unpaired) electrons. The lowest BCUT2D eigenvalue weighted by molar-refractivity contribution is 0.315. The van der Waals surface area contributed by atoms with E-state index >= 15 is 0 Å². The average Bonchev–Trinajstić information content (AvgIpc) is 3.28. The number of aromatic nitrogens is 1. The lowest BCUT2D eigenvalue weighted by Gasteiger charge is -2.06. The number of nitrogens with zero attached hydrogens (tertiary/aromatic N) is 3. The molecule has 2 aromatic heterocycles. The first-order valence-electron chi connectivity index (χ1n) is 8.87. The number of furan rings is 1. The monoisotopic (exact) mass is 385 g/mol. The number of hydrogen-bond donors (Lipinski definition) is 1. The van der Waals surface area contributed by atoms with Gasteiger partial charge < -0.3 is 14.3 Å². The van der Waals surface area contributed by atoms with E-state index in [1.165, 1.54) is 11.3 Å². The Labute approximate surface area is 162 Å². The predicted octanol–water partition coefficient (Wildman–Crippen LogP) is 4.50. The Morgan fingerprint density at radius 1 is 1.33 bits per heavy atom. The van der Waals surface area contributed by atoms with Gasteiger partial charge in [0.05, 0.1) is 19.1 Å². The first-order chi connectivity index (χ1) is 13.1. The molecule has 0 saturated heterocycles. The van der Waals surface area contributed by atoms with Crippen LogP contribution in [0, 0.1) is 0 Å². The summed E-state index contributed by atoms with van der Waals surface area (Å²) in [5.74, 6) is 1.47. The molecule has 0 spiro atoms. The molecule has 142 valence electrons. The maximum absolute atomic E-state index is 10.3. The third-order valence-electron chi connectivity index (χ3n) is 3.61. The van der Waals surface area contributed by atoms with E-state index in [1.54, 1.807) is 29.3 Å². The van der Waals surface area contributed by atoms with Gasteiger partial charge in [-0.05, 0) is 44.5 Å². The van der Waals surface area contributed by atoms with Crippen molar-refractivity contribution >= 4 is 17.6 Å². The average molecular weight is 385 g/mol. The largest absolute Gasteiger partial charge is 0.507 e. The van der Waals surface area contributed by atoms with E-state index in [-0.39, 0.29) is 11.8 Å². The van der Waals surface area contributed by atoms with Crippen molar-refractivity contribution in [1.29, 1.82) is 0 Å². The first kappa shape index (κ1) is 19.0. The third kappa shape index (κ3) is 4.68. The fraction of sp³-hybridized carbons (Fsp3) is 0.300. The van der Waals surface area contributed by atoms with Gasteiger partial charge in [-0.3, -0.25) is 4.99 Å². The van der Waals surface area contributed by atoms with Gasteiger partial charge in [0.15, 0.2) is 5.76 Å². The van der Waals surface area contributed by atoms with Crippen LogP contribution in [-0.4, -0.2) is 28.6 Å². The summed E-state index contributed by atoms with van der Waals surface area (Å²) in [5.41, 5.74) is 1.40. The fourth-order valence-electron chi connectivity index (χ4n) is 2.38. The molecule has 0 bridgehead atoms. The molecule has 27 heavy (non-hydrogen) atoms. The first-order valence-corrected chi connectivity index (χ1v) is 9.75. The standard InChI is InChI=1S/C20H23N3O3S/c1-4-9-25-16-8-7-15(18(24)11-16)12-21-23-17(19-6-5-10-26-19)13-27-20(23)22-14(2)3/h5-8,10-14,24H,4,9H2,1-3H3. The molecule has 0 atom stereocenters. The SMILES string of the molecule is CCCOc1ccc(C=Nn2c(-c3ccco3)csc2=NC(C)C)c(O)c1. The van der Waals surface area contributed by atoms with Crippen molar-refractivity contribution in [3.8, 4) is 23.0 Å². The minimum absolute atomic E-state index is 0.116. The minimum Gasteiger partial charge on any atom is -0.507 e. The quantitative estimate of drug-likeness (QED) is 0.609. The molecule has 0 aliphatic rings. The summed E-state index contributed by atoms with van der Waals surface area (Å²) in [7, 11) is 0. The Morgan fingerprint density at radius 2 is 2.19 bits per heavy atom. The number of benzene rings is 1. The molecule has 1 N–H and O–H groups in total. The Hall–Kier alpha value is -2.80. The Morgan fingerprint density at radius 3 is 2.85 bits per heavy atom. The van der Waals surface area contributed by atoms with E-state index in [0.717, 1.165) is 16.9 Å². The molecule has 3 aromatic rings. The van der Waals surface area contributed by atoms with Crippen LogP contribution in [0.5, 0.6) is 11.5 Å². The Kier molecular flexibility index (Phi) is 6.13. The summed E-state index contributed by atoms with van der Waals surface area (Å²) in [6, 6.07) is 9.05. The van der Waals surface area contributed by atoms with Crippen LogP contribution in [0.1, 0.15) is 32.8 Å². The second-order valence-electron chi connectivity index (χ2n) is 6.23. The van der Waals surface area contributed by atoms with Crippen molar-refractivity contribution in [2.24, 2.45) is 10.1 Å². The zero-order valence-electron chi connectivity index (χ0n) is 15.6. The lowest BCUT2D eigenvalue weighted by atomic mass is 10.2. The van der Waals surface area contributed by atoms with E-state index < -0.39 is 0 Å². The molecule has 7 heteroatoms. The van der Waals surface area contributed by atoms with Crippen LogP contribution >= 0.6 is 11.3 Å². The zero-order valence-corrected chi connectivity index (χ0v) is 16.4. The van der Waals surface area contributed by atoms with Gasteiger partial charge in [-0.2, -0.15) is 5.10 Å². The number of thiazole rings is 1. The molecular weight excluding hydrogens is 362 g/mol. The van der Waals surface area contributed by atoms with E-state index in [2.05, 4.69) is 10.1 Å². The van der Waals surface area contributed by atoms with E-state index in [0.29, 0.717) is 23.7 Å². The number of hydrogen-bond acceptors (Lipinski definition) is 6. The zero-order chi connectivity index (χ0) is 19.2. The lowest BCUT2D eigenvalue weighted by Crippen LogP contribution is -2.14. The summed E-state index contributed by atoms with van der Waals surface area (Å²) >= 11 is 1.49. The molecule has 0 aliphatic carbocycles. The van der Waals surface area contributed by atoms with E-state index in [9.17, 15) is 5.11 Å². The Balaban J connectivity index is 1.96. The fourth-order valence-corrected chi connectivity index (χ4v) is 3.33. The van der Waals surface area contributed by atoms with Crippen molar-refractivity contribution < 1.29 is 14.3 Å². The predicted molar refractivity (Wildman–Crippen MR) is 108 cm³/mol. The second kappa shape index (κ2) is 8.73. The molecule has 0 amide bonds. The molecule has 3 rings (SSSR count). The van der Waals surface area contributed by atoms with E-state index in [4.69, 9.17) is 9.15 Å². The van der Waals surface area contributed by atoms with Gasteiger partial charge in [0.1, 0.15) is 17.2 Å². The summed E-state index contributed by atoms with van der Waals surface area (Å²) in [6.45, 7) is 6.68. The van der Waals surface area contributed by atoms with E-state index in [1.807, 2.05) is 44.4 Å². The molecule has 0 fully saturated rings. The highest BCUT2D eigenvalue weighted by molar-refractivity contribution is 7.07. The highest BCUT2D eigenvalue weighted by Gasteiger charge is 2.10.